The van der Waals surface area contributed by atoms with Crippen LogP contribution in [0.25, 0.3) is 0 Å². The maximum atomic E-state index is 12.4. The number of nitrogens with one attached hydrogen (secondary N) is 1. The van der Waals surface area contributed by atoms with Crippen LogP contribution in [0, 0.1) is 23.2 Å². The predicted molar refractivity (Wildman–Crippen MR) is 78.9 cm³/mol. The molecule has 1 saturated heterocycles. The Kier molecular flexibility index (Phi) is 3.84. The van der Waals surface area contributed by atoms with Gasteiger partial charge in [-0.2, -0.15) is 0 Å². The van der Waals surface area contributed by atoms with Gasteiger partial charge in [0.2, 0.25) is 0 Å². The minimum atomic E-state index is -0.784. The van der Waals surface area contributed by atoms with Crippen LogP contribution in [0.4, 0.5) is 4.79 Å². The van der Waals surface area contributed by atoms with E-state index in [1.165, 1.54) is 32.1 Å². The van der Waals surface area contributed by atoms with E-state index in [0.717, 1.165) is 12.5 Å². The Bertz CT molecular complexity index is 429. The molecule has 5 heteroatoms. The van der Waals surface area contributed by atoms with E-state index < -0.39 is 11.9 Å². The number of carbonyl (C=O) groups is 2. The number of rotatable bonds is 4. The smallest absolute Gasteiger partial charge is 0.317 e. The topological polar surface area (TPSA) is 69.6 Å². The fourth-order valence-corrected chi connectivity index (χ4v) is 4.12. The van der Waals surface area contributed by atoms with Gasteiger partial charge in [0.1, 0.15) is 0 Å². The molecule has 2 unspecified atom stereocenters. The maximum absolute atomic E-state index is 12.4. The molecule has 3 fully saturated rings. The summed E-state index contributed by atoms with van der Waals surface area (Å²) < 4.78 is 0. The second kappa shape index (κ2) is 5.50. The highest BCUT2D eigenvalue weighted by molar-refractivity contribution is 5.76. The van der Waals surface area contributed by atoms with Gasteiger partial charge in [0.25, 0.3) is 0 Å². The van der Waals surface area contributed by atoms with Gasteiger partial charge in [0.05, 0.1) is 5.92 Å². The summed E-state index contributed by atoms with van der Waals surface area (Å²) in [7, 11) is 0. The molecule has 2 aliphatic carbocycles. The molecule has 0 spiro atoms. The van der Waals surface area contributed by atoms with Crippen molar-refractivity contribution >= 4 is 12.0 Å². The second-order valence-corrected chi connectivity index (χ2v) is 7.43. The molecule has 0 aromatic carbocycles. The molecule has 1 heterocycles. The van der Waals surface area contributed by atoms with E-state index in [1.807, 2.05) is 6.92 Å². The second-order valence-electron chi connectivity index (χ2n) is 7.43. The summed E-state index contributed by atoms with van der Waals surface area (Å²) in [6, 6.07) is -0.0697. The molecule has 2 atom stereocenters. The largest absolute Gasteiger partial charge is 0.481 e. The minimum Gasteiger partial charge on any atom is -0.481 e. The Morgan fingerprint density at radius 1 is 1.29 bits per heavy atom. The highest BCUT2D eigenvalue weighted by Crippen LogP contribution is 2.56. The number of hydrogen-bond acceptors (Lipinski definition) is 2. The van der Waals surface area contributed by atoms with Crippen molar-refractivity contribution in [1.82, 2.24) is 10.2 Å². The lowest BCUT2D eigenvalue weighted by molar-refractivity contribution is -0.143. The average Bonchev–Trinajstić information content (AvgIpc) is 3.21. The first-order chi connectivity index (χ1) is 10.00. The van der Waals surface area contributed by atoms with Gasteiger partial charge >= 0.3 is 12.0 Å². The number of carboxylic acids is 1. The van der Waals surface area contributed by atoms with Crippen LogP contribution in [0.15, 0.2) is 0 Å². The zero-order valence-corrected chi connectivity index (χ0v) is 12.8. The number of piperidine rings is 1. The van der Waals surface area contributed by atoms with Crippen molar-refractivity contribution in [3.63, 3.8) is 0 Å². The monoisotopic (exact) mass is 294 g/mol. The summed E-state index contributed by atoms with van der Waals surface area (Å²) in [5, 5.41) is 12.3. The van der Waals surface area contributed by atoms with Crippen molar-refractivity contribution in [2.45, 2.75) is 45.4 Å². The fourth-order valence-electron chi connectivity index (χ4n) is 4.12. The highest BCUT2D eigenvalue weighted by Gasteiger charge is 2.49. The van der Waals surface area contributed by atoms with Crippen LogP contribution in [0.5, 0.6) is 0 Å². The van der Waals surface area contributed by atoms with Crippen LogP contribution >= 0.6 is 0 Å². The lowest BCUT2D eigenvalue weighted by Crippen LogP contribution is -2.52. The Labute approximate surface area is 126 Å². The van der Waals surface area contributed by atoms with Crippen molar-refractivity contribution in [2.75, 3.05) is 19.6 Å². The van der Waals surface area contributed by atoms with Crippen LogP contribution in [-0.2, 0) is 4.79 Å². The standard InChI is InChI=1S/C16H26N2O3/c1-11-7-12(14(19)20)9-18(8-11)15(21)17-10-16(5-2-6-16)13-3-4-13/h11-13H,2-10H2,1H3,(H,17,21)(H,19,20). The number of nitrogens with zero attached hydrogens (tertiary/aromatic N) is 1. The molecule has 1 aliphatic heterocycles. The predicted octanol–water partition coefficient (Wildman–Crippen LogP) is 2.32. The molecule has 2 saturated carbocycles. The van der Waals surface area contributed by atoms with E-state index in [-0.39, 0.29) is 11.9 Å². The van der Waals surface area contributed by atoms with E-state index in [4.69, 9.17) is 0 Å². The number of likely N-dealkylation sites (tertiary alicyclic amines) is 1. The first-order valence-corrected chi connectivity index (χ1v) is 8.26. The zero-order chi connectivity index (χ0) is 15.0. The van der Waals surface area contributed by atoms with E-state index in [9.17, 15) is 14.7 Å². The molecular formula is C16H26N2O3. The quantitative estimate of drug-likeness (QED) is 0.836. The molecule has 0 aromatic rings. The van der Waals surface area contributed by atoms with Gasteiger partial charge in [-0.25, -0.2) is 4.79 Å². The number of hydrogen-bond donors (Lipinski definition) is 2. The van der Waals surface area contributed by atoms with E-state index in [1.54, 1.807) is 4.90 Å². The van der Waals surface area contributed by atoms with Gasteiger partial charge in [-0.05, 0) is 49.4 Å². The van der Waals surface area contributed by atoms with Crippen LogP contribution in [0.2, 0.25) is 0 Å². The summed E-state index contributed by atoms with van der Waals surface area (Å²) in [6.07, 6.45) is 7.08. The first kappa shape index (κ1) is 14.7. The summed E-state index contributed by atoms with van der Waals surface area (Å²) in [6.45, 7) is 3.82. The van der Waals surface area contributed by atoms with Gasteiger partial charge in [-0.1, -0.05) is 13.3 Å². The van der Waals surface area contributed by atoms with Crippen molar-refractivity contribution < 1.29 is 14.7 Å². The van der Waals surface area contributed by atoms with Crippen LogP contribution in [0.1, 0.15) is 45.4 Å². The number of carboxylic acid groups (broad SMARTS) is 1. The van der Waals surface area contributed by atoms with E-state index >= 15 is 0 Å². The third-order valence-corrected chi connectivity index (χ3v) is 5.68. The van der Waals surface area contributed by atoms with Gasteiger partial charge in [0, 0.05) is 19.6 Å². The molecule has 0 radical (unpaired) electrons. The molecule has 3 rings (SSSR count). The Morgan fingerprint density at radius 2 is 2.00 bits per heavy atom. The molecule has 118 valence electrons. The van der Waals surface area contributed by atoms with Gasteiger partial charge < -0.3 is 15.3 Å². The van der Waals surface area contributed by atoms with Crippen molar-refractivity contribution in [3.05, 3.63) is 0 Å². The lowest BCUT2D eigenvalue weighted by atomic mass is 9.65. The van der Waals surface area contributed by atoms with Gasteiger partial charge in [-0.3, -0.25) is 4.79 Å². The average molecular weight is 294 g/mol. The number of carbonyl (C=O) groups excluding carboxylic acids is 1. The maximum Gasteiger partial charge on any atom is 0.317 e. The van der Waals surface area contributed by atoms with Crippen molar-refractivity contribution in [1.29, 1.82) is 0 Å². The van der Waals surface area contributed by atoms with Crippen LogP contribution in [0.3, 0.4) is 0 Å². The molecule has 21 heavy (non-hydrogen) atoms. The third-order valence-electron chi connectivity index (χ3n) is 5.68. The molecular weight excluding hydrogens is 268 g/mol. The number of aliphatic carboxylic acids is 1. The van der Waals surface area contributed by atoms with Crippen LogP contribution in [-0.4, -0.2) is 41.6 Å². The highest BCUT2D eigenvalue weighted by atomic mass is 16.4. The molecule has 0 bridgehead atoms. The molecule has 2 amide bonds. The summed E-state index contributed by atoms with van der Waals surface area (Å²) >= 11 is 0. The Hall–Kier alpha value is -1.26. The Morgan fingerprint density at radius 3 is 2.52 bits per heavy atom. The van der Waals surface area contributed by atoms with Crippen LogP contribution < -0.4 is 5.32 Å². The fraction of sp³-hybridized carbons (Fsp3) is 0.875. The first-order valence-electron chi connectivity index (χ1n) is 8.26. The summed E-state index contributed by atoms with van der Waals surface area (Å²) in [5.41, 5.74) is 0.364. The SMILES string of the molecule is CC1CC(C(=O)O)CN(C(=O)NCC2(C3CC3)CCC2)C1. The Balaban J connectivity index is 1.53. The van der Waals surface area contributed by atoms with Gasteiger partial charge in [-0.15, -0.1) is 0 Å². The summed E-state index contributed by atoms with van der Waals surface area (Å²) in [4.78, 5) is 25.2. The zero-order valence-electron chi connectivity index (χ0n) is 12.8. The van der Waals surface area contributed by atoms with Crippen molar-refractivity contribution in [3.8, 4) is 0 Å². The van der Waals surface area contributed by atoms with Crippen molar-refractivity contribution in [2.24, 2.45) is 23.2 Å². The lowest BCUT2D eigenvalue weighted by Gasteiger charge is -2.43. The molecule has 0 aromatic heterocycles. The molecule has 2 N–H and O–H groups in total. The number of urea groups is 1. The normalized spacial score (nSPS) is 31.4. The summed E-state index contributed by atoms with van der Waals surface area (Å²) in [5.74, 6) is -0.126. The number of amides is 2. The van der Waals surface area contributed by atoms with Gasteiger partial charge in [0.15, 0.2) is 0 Å². The molecule has 5 nitrogen and oxygen atoms in total. The third kappa shape index (κ3) is 3.01. The van der Waals surface area contributed by atoms with E-state index in [0.29, 0.717) is 24.9 Å². The van der Waals surface area contributed by atoms with E-state index in [2.05, 4.69) is 5.32 Å². The minimum absolute atomic E-state index is 0.0697. The molecule has 3 aliphatic rings.